The van der Waals surface area contributed by atoms with E-state index in [-0.39, 0.29) is 0 Å². The first-order chi connectivity index (χ1) is 6.84. The highest BCUT2D eigenvalue weighted by Gasteiger charge is 2.22. The van der Waals surface area contributed by atoms with Gasteiger partial charge in [0.2, 0.25) is 0 Å². The largest absolute Gasteiger partial charge is 0.317 e. The number of piperidine rings is 1. The molecule has 0 atom stereocenters. The van der Waals surface area contributed by atoms with Crippen molar-refractivity contribution in [3.63, 3.8) is 0 Å². The van der Waals surface area contributed by atoms with Gasteiger partial charge in [-0.3, -0.25) is 4.79 Å². The fraction of sp³-hybridized carbons (Fsp3) is 0.917. The molecular weight excluding hydrogens is 174 g/mol. The Labute approximate surface area is 86.5 Å². The minimum absolute atomic E-state index is 0.492. The SMILES string of the molecule is O=C1CCC(CC2CCNCC2)CC1. The highest BCUT2D eigenvalue weighted by Crippen LogP contribution is 2.30. The first kappa shape index (κ1) is 10.2. The van der Waals surface area contributed by atoms with Crippen molar-refractivity contribution in [2.45, 2.75) is 44.9 Å². The second-order valence-corrected chi connectivity index (χ2v) is 4.91. The van der Waals surface area contributed by atoms with Crippen LogP contribution in [0.3, 0.4) is 0 Å². The van der Waals surface area contributed by atoms with Gasteiger partial charge in [0.05, 0.1) is 0 Å². The summed E-state index contributed by atoms with van der Waals surface area (Å²) in [4.78, 5) is 11.1. The molecule has 1 heterocycles. The van der Waals surface area contributed by atoms with Gasteiger partial charge in [-0.25, -0.2) is 0 Å². The molecular formula is C12H21NO. The Hall–Kier alpha value is -0.370. The zero-order valence-electron chi connectivity index (χ0n) is 8.93. The van der Waals surface area contributed by atoms with Gasteiger partial charge in [0, 0.05) is 12.8 Å². The number of rotatable bonds is 2. The van der Waals surface area contributed by atoms with E-state index in [0.29, 0.717) is 5.78 Å². The first-order valence-corrected chi connectivity index (χ1v) is 6.07. The van der Waals surface area contributed by atoms with Crippen molar-refractivity contribution in [1.29, 1.82) is 0 Å². The van der Waals surface area contributed by atoms with Gasteiger partial charge in [0.25, 0.3) is 0 Å². The van der Waals surface area contributed by atoms with Crippen LogP contribution in [0.4, 0.5) is 0 Å². The number of nitrogens with one attached hydrogen (secondary N) is 1. The van der Waals surface area contributed by atoms with E-state index in [1.807, 2.05) is 0 Å². The highest BCUT2D eigenvalue weighted by molar-refractivity contribution is 5.78. The summed E-state index contributed by atoms with van der Waals surface area (Å²) >= 11 is 0. The lowest BCUT2D eigenvalue weighted by Gasteiger charge is -2.28. The number of carbonyl (C=O) groups is 1. The molecule has 2 nitrogen and oxygen atoms in total. The molecule has 1 saturated carbocycles. The standard InChI is InChI=1S/C12H21NO/c14-12-3-1-10(2-4-12)9-11-5-7-13-8-6-11/h10-11,13H,1-9H2. The van der Waals surface area contributed by atoms with E-state index in [1.54, 1.807) is 0 Å². The second kappa shape index (κ2) is 4.92. The predicted octanol–water partition coefficient (Wildman–Crippen LogP) is 2.14. The summed E-state index contributed by atoms with van der Waals surface area (Å²) in [6, 6.07) is 0. The third-order valence-corrected chi connectivity index (χ3v) is 3.79. The lowest BCUT2D eigenvalue weighted by Crippen LogP contribution is -2.29. The fourth-order valence-corrected chi connectivity index (χ4v) is 2.82. The van der Waals surface area contributed by atoms with Crippen LogP contribution in [0, 0.1) is 11.8 Å². The van der Waals surface area contributed by atoms with Crippen LogP contribution in [0.25, 0.3) is 0 Å². The van der Waals surface area contributed by atoms with Crippen molar-refractivity contribution < 1.29 is 4.79 Å². The lowest BCUT2D eigenvalue weighted by molar-refractivity contribution is -0.121. The first-order valence-electron chi connectivity index (χ1n) is 6.07. The Morgan fingerprint density at radius 3 is 2.21 bits per heavy atom. The molecule has 0 bridgehead atoms. The van der Waals surface area contributed by atoms with Crippen molar-refractivity contribution in [2.75, 3.05) is 13.1 Å². The Kier molecular flexibility index (Phi) is 3.57. The second-order valence-electron chi connectivity index (χ2n) is 4.91. The van der Waals surface area contributed by atoms with Crippen LogP contribution in [0.5, 0.6) is 0 Å². The maximum atomic E-state index is 11.1. The van der Waals surface area contributed by atoms with E-state index in [0.717, 1.165) is 24.7 Å². The fourth-order valence-electron chi connectivity index (χ4n) is 2.82. The van der Waals surface area contributed by atoms with Gasteiger partial charge >= 0.3 is 0 Å². The van der Waals surface area contributed by atoms with Crippen LogP contribution in [0.15, 0.2) is 0 Å². The van der Waals surface area contributed by atoms with E-state index in [2.05, 4.69) is 5.32 Å². The predicted molar refractivity (Wildman–Crippen MR) is 57.2 cm³/mol. The topological polar surface area (TPSA) is 29.1 Å². The summed E-state index contributed by atoms with van der Waals surface area (Å²) in [6.07, 6.45) is 8.14. The molecule has 0 aromatic heterocycles. The molecule has 0 amide bonds. The van der Waals surface area contributed by atoms with Gasteiger partial charge in [-0.05, 0) is 57.0 Å². The lowest BCUT2D eigenvalue weighted by atomic mass is 9.80. The van der Waals surface area contributed by atoms with Gasteiger partial charge in [0.1, 0.15) is 5.78 Å². The third kappa shape index (κ3) is 2.81. The maximum Gasteiger partial charge on any atom is 0.132 e. The molecule has 14 heavy (non-hydrogen) atoms. The molecule has 0 radical (unpaired) electrons. The van der Waals surface area contributed by atoms with Crippen LogP contribution < -0.4 is 5.32 Å². The summed E-state index contributed by atoms with van der Waals surface area (Å²) < 4.78 is 0. The third-order valence-electron chi connectivity index (χ3n) is 3.79. The number of ketones is 1. The Bertz CT molecular complexity index is 186. The molecule has 1 aliphatic carbocycles. The van der Waals surface area contributed by atoms with Gasteiger partial charge in [-0.2, -0.15) is 0 Å². The van der Waals surface area contributed by atoms with E-state index < -0.39 is 0 Å². The van der Waals surface area contributed by atoms with Gasteiger partial charge < -0.3 is 5.32 Å². The Morgan fingerprint density at radius 2 is 1.57 bits per heavy atom. The Morgan fingerprint density at radius 1 is 1.00 bits per heavy atom. The number of hydrogen-bond acceptors (Lipinski definition) is 2. The average Bonchev–Trinajstić information content (AvgIpc) is 2.23. The van der Waals surface area contributed by atoms with Crippen LogP contribution in [-0.4, -0.2) is 18.9 Å². The van der Waals surface area contributed by atoms with E-state index in [9.17, 15) is 4.79 Å². The summed E-state index contributed by atoms with van der Waals surface area (Å²) in [5.41, 5.74) is 0. The normalized spacial score (nSPS) is 26.7. The molecule has 1 saturated heterocycles. The van der Waals surface area contributed by atoms with Crippen molar-refractivity contribution in [1.82, 2.24) is 5.32 Å². The summed E-state index contributed by atoms with van der Waals surface area (Å²) in [6.45, 7) is 2.41. The summed E-state index contributed by atoms with van der Waals surface area (Å²) in [5.74, 6) is 2.29. The molecule has 1 aliphatic heterocycles. The quantitative estimate of drug-likeness (QED) is 0.731. The molecule has 0 spiro atoms. The van der Waals surface area contributed by atoms with Gasteiger partial charge in [-0.15, -0.1) is 0 Å². The van der Waals surface area contributed by atoms with Crippen molar-refractivity contribution >= 4 is 5.78 Å². The zero-order chi connectivity index (χ0) is 9.80. The van der Waals surface area contributed by atoms with Gasteiger partial charge in [-0.1, -0.05) is 0 Å². The number of hydrogen-bond donors (Lipinski definition) is 1. The molecule has 1 N–H and O–H groups in total. The number of carbonyl (C=O) groups excluding carboxylic acids is 1. The van der Waals surface area contributed by atoms with Crippen LogP contribution in [0.1, 0.15) is 44.9 Å². The van der Waals surface area contributed by atoms with Crippen molar-refractivity contribution in [3.8, 4) is 0 Å². The minimum Gasteiger partial charge on any atom is -0.317 e. The number of Topliss-reactive ketones (excluding diaryl/α,β-unsaturated/α-hetero) is 1. The molecule has 0 aromatic carbocycles. The molecule has 2 fully saturated rings. The zero-order valence-corrected chi connectivity index (χ0v) is 8.93. The van der Waals surface area contributed by atoms with Crippen LogP contribution >= 0.6 is 0 Å². The Balaban J connectivity index is 1.71. The van der Waals surface area contributed by atoms with E-state index >= 15 is 0 Å². The van der Waals surface area contributed by atoms with Crippen LogP contribution in [0.2, 0.25) is 0 Å². The minimum atomic E-state index is 0.492. The molecule has 2 heteroatoms. The van der Waals surface area contributed by atoms with E-state index in [1.165, 1.54) is 45.2 Å². The van der Waals surface area contributed by atoms with Crippen molar-refractivity contribution in [2.24, 2.45) is 11.8 Å². The monoisotopic (exact) mass is 195 g/mol. The average molecular weight is 195 g/mol. The molecule has 0 aromatic rings. The summed E-state index contributed by atoms with van der Waals surface area (Å²) in [5, 5.41) is 3.40. The highest BCUT2D eigenvalue weighted by atomic mass is 16.1. The summed E-state index contributed by atoms with van der Waals surface area (Å²) in [7, 11) is 0. The van der Waals surface area contributed by atoms with Crippen molar-refractivity contribution in [3.05, 3.63) is 0 Å². The molecule has 2 rings (SSSR count). The van der Waals surface area contributed by atoms with Gasteiger partial charge in [0.15, 0.2) is 0 Å². The maximum absolute atomic E-state index is 11.1. The van der Waals surface area contributed by atoms with E-state index in [4.69, 9.17) is 0 Å². The molecule has 80 valence electrons. The van der Waals surface area contributed by atoms with Crippen LogP contribution in [-0.2, 0) is 4.79 Å². The molecule has 2 aliphatic rings. The molecule has 0 unspecified atom stereocenters. The smallest absolute Gasteiger partial charge is 0.132 e.